The first-order valence-corrected chi connectivity index (χ1v) is 7.23. The van der Waals surface area contributed by atoms with Gasteiger partial charge in [-0.05, 0) is 26.3 Å². The van der Waals surface area contributed by atoms with Crippen LogP contribution in [0.3, 0.4) is 0 Å². The highest BCUT2D eigenvalue weighted by Crippen LogP contribution is 2.29. The third kappa shape index (κ3) is 3.37. The summed E-state index contributed by atoms with van der Waals surface area (Å²) in [6.07, 6.45) is 1.15. The fraction of sp³-hybridized carbons (Fsp3) is 0.625. The topological polar surface area (TPSA) is 33.7 Å². The molecule has 1 aliphatic heterocycles. The van der Waals surface area contributed by atoms with Crippen molar-refractivity contribution in [2.45, 2.75) is 32.4 Å². The van der Waals surface area contributed by atoms with E-state index in [-0.39, 0.29) is 0 Å². The number of rotatable bonds is 4. The minimum atomic E-state index is 0.484. The van der Waals surface area contributed by atoms with Gasteiger partial charge in [-0.15, -0.1) is 0 Å². The number of hydrogen-bond donors (Lipinski definition) is 1. The lowest BCUT2D eigenvalue weighted by atomic mass is 9.89. The summed E-state index contributed by atoms with van der Waals surface area (Å²) in [5.74, 6) is 2.26. The van der Waals surface area contributed by atoms with Gasteiger partial charge in [0.1, 0.15) is 11.5 Å². The van der Waals surface area contributed by atoms with Gasteiger partial charge in [-0.2, -0.15) is 0 Å². The summed E-state index contributed by atoms with van der Waals surface area (Å²) in [6, 6.07) is 7.04. The van der Waals surface area contributed by atoms with E-state index in [1.165, 1.54) is 0 Å². The molecular weight excluding hydrogens is 252 g/mol. The highest BCUT2D eigenvalue weighted by molar-refractivity contribution is 5.54. The number of likely N-dealkylation sites (tertiary alicyclic amines) is 1. The van der Waals surface area contributed by atoms with E-state index in [0.717, 1.165) is 30.2 Å². The highest BCUT2D eigenvalue weighted by Gasteiger charge is 2.28. The molecule has 1 N–H and O–H groups in total. The van der Waals surface area contributed by atoms with Crippen LogP contribution in [-0.4, -0.2) is 44.8 Å². The smallest absolute Gasteiger partial charge is 0.124 e. The fourth-order valence-corrected chi connectivity index (χ4v) is 2.85. The molecule has 1 heterocycles. The van der Waals surface area contributed by atoms with Crippen LogP contribution in [0.25, 0.3) is 0 Å². The number of ether oxygens (including phenoxy) is 2. The summed E-state index contributed by atoms with van der Waals surface area (Å²) in [4.78, 5) is 2.43. The van der Waals surface area contributed by atoms with Crippen LogP contribution >= 0.6 is 0 Å². The molecule has 1 aromatic carbocycles. The first kappa shape index (κ1) is 15.0. The monoisotopic (exact) mass is 278 g/mol. The lowest BCUT2D eigenvalue weighted by Crippen LogP contribution is -2.48. The van der Waals surface area contributed by atoms with E-state index in [2.05, 4.69) is 31.1 Å². The third-order valence-corrected chi connectivity index (χ3v) is 4.31. The predicted molar refractivity (Wildman–Crippen MR) is 82.8 cm³/mol. The Morgan fingerprint density at radius 1 is 1.10 bits per heavy atom. The van der Waals surface area contributed by atoms with Crippen molar-refractivity contribution in [1.82, 2.24) is 4.90 Å². The van der Waals surface area contributed by atoms with Crippen molar-refractivity contribution in [2.75, 3.05) is 33.1 Å². The quantitative estimate of drug-likeness (QED) is 0.918. The van der Waals surface area contributed by atoms with Gasteiger partial charge in [0.05, 0.1) is 14.2 Å². The first-order valence-electron chi connectivity index (χ1n) is 7.23. The molecule has 4 nitrogen and oxygen atoms in total. The minimum absolute atomic E-state index is 0.484. The highest BCUT2D eigenvalue weighted by atomic mass is 16.5. The molecule has 0 bridgehead atoms. The molecule has 0 saturated carbocycles. The third-order valence-electron chi connectivity index (χ3n) is 4.31. The Kier molecular flexibility index (Phi) is 4.76. The standard InChI is InChI=1S/C16H26N2O2/c1-11-10-18(3)12(2)6-16(11)17-13-7-14(19-4)9-15(8-13)20-5/h7-9,11-12,16-17H,6,10H2,1-5H3. The molecule has 0 aromatic heterocycles. The lowest BCUT2D eigenvalue weighted by Gasteiger charge is -2.40. The van der Waals surface area contributed by atoms with Crippen LogP contribution in [0.1, 0.15) is 20.3 Å². The molecule has 0 spiro atoms. The molecule has 1 aliphatic rings. The van der Waals surface area contributed by atoms with Crippen molar-refractivity contribution in [3.63, 3.8) is 0 Å². The van der Waals surface area contributed by atoms with Crippen LogP contribution in [0.15, 0.2) is 18.2 Å². The molecule has 0 aliphatic carbocycles. The van der Waals surface area contributed by atoms with Crippen LogP contribution in [0.5, 0.6) is 11.5 Å². The Hall–Kier alpha value is -1.42. The molecule has 2 rings (SSSR count). The van der Waals surface area contributed by atoms with Crippen molar-refractivity contribution < 1.29 is 9.47 Å². The maximum atomic E-state index is 5.32. The number of hydrogen-bond acceptors (Lipinski definition) is 4. The van der Waals surface area contributed by atoms with E-state index in [0.29, 0.717) is 18.0 Å². The molecule has 0 radical (unpaired) electrons. The van der Waals surface area contributed by atoms with Crippen LogP contribution in [0.2, 0.25) is 0 Å². The van der Waals surface area contributed by atoms with Crippen molar-refractivity contribution in [3.8, 4) is 11.5 Å². The second-order valence-electron chi connectivity index (χ2n) is 5.85. The SMILES string of the molecule is COc1cc(NC2CC(C)N(C)CC2C)cc(OC)c1. The zero-order chi connectivity index (χ0) is 14.7. The summed E-state index contributed by atoms with van der Waals surface area (Å²) in [7, 11) is 5.56. The molecular formula is C16H26N2O2. The summed E-state index contributed by atoms with van der Waals surface area (Å²) in [6.45, 7) is 5.71. The Labute approximate surface area is 122 Å². The maximum absolute atomic E-state index is 5.32. The Morgan fingerprint density at radius 2 is 1.70 bits per heavy atom. The number of benzene rings is 1. The number of anilines is 1. The number of nitrogens with one attached hydrogen (secondary N) is 1. The second-order valence-corrected chi connectivity index (χ2v) is 5.85. The Morgan fingerprint density at radius 3 is 2.25 bits per heavy atom. The molecule has 1 aromatic rings. The van der Waals surface area contributed by atoms with Gasteiger partial charge < -0.3 is 19.7 Å². The van der Waals surface area contributed by atoms with E-state index in [4.69, 9.17) is 9.47 Å². The Balaban J connectivity index is 2.12. The van der Waals surface area contributed by atoms with E-state index in [9.17, 15) is 0 Å². The van der Waals surface area contributed by atoms with Gasteiger partial charge in [0.25, 0.3) is 0 Å². The van der Waals surface area contributed by atoms with Gasteiger partial charge in [-0.25, -0.2) is 0 Å². The number of nitrogens with zero attached hydrogens (tertiary/aromatic N) is 1. The van der Waals surface area contributed by atoms with Gasteiger partial charge in [0, 0.05) is 42.5 Å². The molecule has 4 heteroatoms. The first-order chi connectivity index (χ1) is 9.53. The predicted octanol–water partition coefficient (Wildman–Crippen LogP) is 2.84. The van der Waals surface area contributed by atoms with Gasteiger partial charge in [-0.1, -0.05) is 6.92 Å². The van der Waals surface area contributed by atoms with Crippen molar-refractivity contribution in [3.05, 3.63) is 18.2 Å². The van der Waals surface area contributed by atoms with Crippen LogP contribution in [0.4, 0.5) is 5.69 Å². The maximum Gasteiger partial charge on any atom is 0.124 e. The van der Waals surface area contributed by atoms with Crippen LogP contribution in [0, 0.1) is 5.92 Å². The van der Waals surface area contributed by atoms with Crippen LogP contribution < -0.4 is 14.8 Å². The largest absolute Gasteiger partial charge is 0.497 e. The Bertz CT molecular complexity index is 428. The van der Waals surface area contributed by atoms with E-state index >= 15 is 0 Å². The average Bonchev–Trinajstić information content (AvgIpc) is 2.44. The molecule has 3 atom stereocenters. The van der Waals surface area contributed by atoms with Crippen molar-refractivity contribution in [1.29, 1.82) is 0 Å². The molecule has 0 amide bonds. The van der Waals surface area contributed by atoms with Crippen molar-refractivity contribution >= 4 is 5.69 Å². The van der Waals surface area contributed by atoms with Gasteiger partial charge in [-0.3, -0.25) is 0 Å². The summed E-state index contributed by atoms with van der Waals surface area (Å²) >= 11 is 0. The van der Waals surface area contributed by atoms with E-state index in [1.807, 2.05) is 18.2 Å². The fourth-order valence-electron chi connectivity index (χ4n) is 2.85. The minimum Gasteiger partial charge on any atom is -0.497 e. The number of piperidine rings is 1. The van der Waals surface area contributed by atoms with Gasteiger partial charge >= 0.3 is 0 Å². The molecule has 3 unspecified atom stereocenters. The summed E-state index contributed by atoms with van der Waals surface area (Å²) in [5, 5.41) is 3.64. The number of methoxy groups -OCH3 is 2. The van der Waals surface area contributed by atoms with Gasteiger partial charge in [0.15, 0.2) is 0 Å². The summed E-state index contributed by atoms with van der Waals surface area (Å²) < 4.78 is 10.6. The van der Waals surface area contributed by atoms with E-state index < -0.39 is 0 Å². The van der Waals surface area contributed by atoms with E-state index in [1.54, 1.807) is 14.2 Å². The van der Waals surface area contributed by atoms with Crippen LogP contribution in [-0.2, 0) is 0 Å². The average molecular weight is 278 g/mol. The zero-order valence-electron chi connectivity index (χ0n) is 13.1. The molecule has 20 heavy (non-hydrogen) atoms. The lowest BCUT2D eigenvalue weighted by molar-refractivity contribution is 0.145. The normalized spacial score (nSPS) is 27.1. The zero-order valence-corrected chi connectivity index (χ0v) is 13.1. The molecule has 1 fully saturated rings. The molecule has 1 saturated heterocycles. The molecule has 112 valence electrons. The summed E-state index contributed by atoms with van der Waals surface area (Å²) in [5.41, 5.74) is 1.06. The van der Waals surface area contributed by atoms with Crippen molar-refractivity contribution in [2.24, 2.45) is 5.92 Å². The second kappa shape index (κ2) is 6.35. The van der Waals surface area contributed by atoms with Gasteiger partial charge in [0.2, 0.25) is 0 Å².